The molecular weight excluding hydrogens is 257 g/mol. The zero-order valence-electron chi connectivity index (χ0n) is 11.0. The topological polar surface area (TPSA) is 64.9 Å². The molecule has 0 aliphatic heterocycles. The summed E-state index contributed by atoms with van der Waals surface area (Å²) >= 11 is 0. The summed E-state index contributed by atoms with van der Waals surface area (Å²) in [4.78, 5) is 4.31. The smallest absolute Gasteiger partial charge is 0.243 e. The maximum absolute atomic E-state index is 13.8. The summed E-state index contributed by atoms with van der Waals surface area (Å²) in [5.74, 6) is 0.564. The van der Waals surface area contributed by atoms with E-state index in [1.54, 1.807) is 18.2 Å². The molecule has 0 aliphatic rings. The first-order valence-corrected chi connectivity index (χ1v) is 6.47. The van der Waals surface area contributed by atoms with Crippen LogP contribution in [0.15, 0.2) is 40.9 Å². The standard InChI is InChI=1S/C15H14FN3O/c1-2-13(17)15-18-14(19-20-15)11-7-8-12(16)10-6-4-3-5-9(10)11/h3-8,13H,2,17H2,1H3/t13-/m0/s1. The molecule has 1 aromatic heterocycles. The summed E-state index contributed by atoms with van der Waals surface area (Å²) in [5, 5.41) is 5.24. The molecule has 0 spiro atoms. The van der Waals surface area contributed by atoms with Gasteiger partial charge in [-0.15, -0.1) is 0 Å². The van der Waals surface area contributed by atoms with E-state index >= 15 is 0 Å². The summed E-state index contributed by atoms with van der Waals surface area (Å²) < 4.78 is 19.0. The fourth-order valence-electron chi connectivity index (χ4n) is 2.13. The molecule has 0 fully saturated rings. The molecule has 20 heavy (non-hydrogen) atoms. The minimum Gasteiger partial charge on any atom is -0.337 e. The Hall–Kier alpha value is -2.27. The van der Waals surface area contributed by atoms with Crippen LogP contribution in [0.5, 0.6) is 0 Å². The van der Waals surface area contributed by atoms with E-state index in [2.05, 4.69) is 10.1 Å². The molecule has 1 atom stereocenters. The molecule has 0 saturated carbocycles. The van der Waals surface area contributed by atoms with E-state index < -0.39 is 0 Å². The predicted molar refractivity (Wildman–Crippen MR) is 74.4 cm³/mol. The van der Waals surface area contributed by atoms with E-state index in [9.17, 15) is 4.39 Å². The van der Waals surface area contributed by atoms with Gasteiger partial charge in [-0.3, -0.25) is 0 Å². The van der Waals surface area contributed by atoms with Crippen LogP contribution in [0, 0.1) is 5.82 Å². The van der Waals surface area contributed by atoms with E-state index in [1.807, 2.05) is 19.1 Å². The predicted octanol–water partition coefficient (Wildman–Crippen LogP) is 3.44. The number of nitrogens with two attached hydrogens (primary N) is 1. The Labute approximate surface area is 115 Å². The highest BCUT2D eigenvalue weighted by atomic mass is 19.1. The average Bonchev–Trinajstić information content (AvgIpc) is 2.97. The summed E-state index contributed by atoms with van der Waals surface area (Å²) in [5.41, 5.74) is 6.60. The molecule has 0 unspecified atom stereocenters. The van der Waals surface area contributed by atoms with Crippen LogP contribution in [-0.4, -0.2) is 10.1 Å². The van der Waals surface area contributed by atoms with Gasteiger partial charge in [-0.2, -0.15) is 4.98 Å². The lowest BCUT2D eigenvalue weighted by Gasteiger charge is -2.03. The second kappa shape index (κ2) is 5.02. The van der Waals surface area contributed by atoms with Gasteiger partial charge in [0.2, 0.25) is 11.7 Å². The van der Waals surface area contributed by atoms with Crippen LogP contribution in [0.1, 0.15) is 25.3 Å². The lowest BCUT2D eigenvalue weighted by atomic mass is 10.0. The minimum atomic E-state index is -0.275. The van der Waals surface area contributed by atoms with Gasteiger partial charge in [0.25, 0.3) is 0 Å². The van der Waals surface area contributed by atoms with E-state index in [0.29, 0.717) is 23.5 Å². The van der Waals surface area contributed by atoms with E-state index in [4.69, 9.17) is 10.3 Å². The third kappa shape index (κ3) is 2.06. The van der Waals surface area contributed by atoms with Crippen molar-refractivity contribution in [1.82, 2.24) is 10.1 Å². The van der Waals surface area contributed by atoms with Gasteiger partial charge >= 0.3 is 0 Å². The fourth-order valence-corrected chi connectivity index (χ4v) is 2.13. The highest BCUT2D eigenvalue weighted by molar-refractivity contribution is 5.95. The molecule has 2 N–H and O–H groups in total. The van der Waals surface area contributed by atoms with Gasteiger partial charge in [-0.05, 0) is 23.9 Å². The highest BCUT2D eigenvalue weighted by Crippen LogP contribution is 2.29. The zero-order valence-corrected chi connectivity index (χ0v) is 11.0. The number of hydrogen-bond acceptors (Lipinski definition) is 4. The lowest BCUT2D eigenvalue weighted by Crippen LogP contribution is -2.08. The van der Waals surface area contributed by atoms with Crippen molar-refractivity contribution < 1.29 is 8.91 Å². The van der Waals surface area contributed by atoms with Crippen molar-refractivity contribution in [3.63, 3.8) is 0 Å². The minimum absolute atomic E-state index is 0.265. The van der Waals surface area contributed by atoms with E-state index in [0.717, 1.165) is 10.9 Å². The van der Waals surface area contributed by atoms with Crippen molar-refractivity contribution in [3.8, 4) is 11.4 Å². The van der Waals surface area contributed by atoms with Crippen LogP contribution in [0.3, 0.4) is 0 Å². The Bertz CT molecular complexity index is 754. The van der Waals surface area contributed by atoms with Gasteiger partial charge in [-0.25, -0.2) is 4.39 Å². The molecule has 1 heterocycles. The molecule has 3 rings (SSSR count). The van der Waals surface area contributed by atoms with Crippen LogP contribution in [0.2, 0.25) is 0 Å². The van der Waals surface area contributed by atoms with Gasteiger partial charge < -0.3 is 10.3 Å². The summed E-state index contributed by atoms with van der Waals surface area (Å²) in [6, 6.07) is 10.0. The van der Waals surface area contributed by atoms with Crippen molar-refractivity contribution in [2.24, 2.45) is 5.73 Å². The second-order valence-corrected chi connectivity index (χ2v) is 4.61. The second-order valence-electron chi connectivity index (χ2n) is 4.61. The Morgan fingerprint density at radius 2 is 1.95 bits per heavy atom. The van der Waals surface area contributed by atoms with Gasteiger partial charge in [0.1, 0.15) is 5.82 Å². The average molecular weight is 271 g/mol. The van der Waals surface area contributed by atoms with Crippen molar-refractivity contribution in [3.05, 3.63) is 48.1 Å². The first-order chi connectivity index (χ1) is 9.70. The molecule has 0 bridgehead atoms. The van der Waals surface area contributed by atoms with Crippen molar-refractivity contribution in [1.29, 1.82) is 0 Å². The quantitative estimate of drug-likeness (QED) is 0.792. The molecule has 102 valence electrons. The highest BCUT2D eigenvalue weighted by Gasteiger charge is 2.16. The number of nitrogens with zero attached hydrogens (tertiary/aromatic N) is 2. The third-order valence-electron chi connectivity index (χ3n) is 3.31. The molecule has 4 nitrogen and oxygen atoms in total. The van der Waals surface area contributed by atoms with Crippen molar-refractivity contribution in [2.75, 3.05) is 0 Å². The SMILES string of the molecule is CC[C@H](N)c1nc(-c2ccc(F)c3ccccc23)no1. The van der Waals surface area contributed by atoms with Gasteiger partial charge in [0, 0.05) is 10.9 Å². The van der Waals surface area contributed by atoms with Crippen LogP contribution < -0.4 is 5.73 Å². The Balaban J connectivity index is 2.15. The number of hydrogen-bond donors (Lipinski definition) is 1. The molecule has 3 aromatic rings. The molecule has 0 amide bonds. The number of fused-ring (bicyclic) bond motifs is 1. The molecular formula is C15H14FN3O. The van der Waals surface area contributed by atoms with Gasteiger partial charge in [-0.1, -0.05) is 36.3 Å². The first-order valence-electron chi connectivity index (χ1n) is 6.47. The Morgan fingerprint density at radius 3 is 2.70 bits per heavy atom. The Morgan fingerprint density at radius 1 is 1.20 bits per heavy atom. The van der Waals surface area contributed by atoms with E-state index in [1.165, 1.54) is 6.07 Å². The molecule has 5 heteroatoms. The largest absolute Gasteiger partial charge is 0.337 e. The molecule has 0 radical (unpaired) electrons. The van der Waals surface area contributed by atoms with E-state index in [-0.39, 0.29) is 11.9 Å². The number of halogens is 1. The number of rotatable bonds is 3. The monoisotopic (exact) mass is 271 g/mol. The molecule has 0 saturated heterocycles. The van der Waals surface area contributed by atoms with Gasteiger partial charge in [0.05, 0.1) is 6.04 Å². The van der Waals surface area contributed by atoms with Crippen molar-refractivity contribution in [2.45, 2.75) is 19.4 Å². The van der Waals surface area contributed by atoms with Crippen LogP contribution >= 0.6 is 0 Å². The lowest BCUT2D eigenvalue weighted by molar-refractivity contribution is 0.352. The number of aromatic nitrogens is 2. The number of benzene rings is 2. The maximum atomic E-state index is 13.8. The van der Waals surface area contributed by atoms with Gasteiger partial charge in [0.15, 0.2) is 0 Å². The normalized spacial score (nSPS) is 12.8. The summed E-state index contributed by atoms with van der Waals surface area (Å²) in [6.45, 7) is 1.95. The van der Waals surface area contributed by atoms with Crippen LogP contribution in [-0.2, 0) is 0 Å². The Kier molecular flexibility index (Phi) is 3.20. The summed E-state index contributed by atoms with van der Waals surface area (Å²) in [6.07, 6.45) is 0.714. The van der Waals surface area contributed by atoms with Crippen LogP contribution in [0.4, 0.5) is 4.39 Å². The summed E-state index contributed by atoms with van der Waals surface area (Å²) in [7, 11) is 0. The molecule has 0 aliphatic carbocycles. The molecule has 2 aromatic carbocycles. The maximum Gasteiger partial charge on any atom is 0.243 e. The zero-order chi connectivity index (χ0) is 14.1. The fraction of sp³-hybridized carbons (Fsp3) is 0.200. The van der Waals surface area contributed by atoms with Crippen LogP contribution in [0.25, 0.3) is 22.2 Å². The third-order valence-corrected chi connectivity index (χ3v) is 3.31. The first kappa shape index (κ1) is 12.7. The van der Waals surface area contributed by atoms with Crippen molar-refractivity contribution >= 4 is 10.8 Å².